The normalized spacial score (nSPS) is 15.7. The Bertz CT molecular complexity index is 158. The van der Waals surface area contributed by atoms with Gasteiger partial charge in [0.05, 0.1) is 12.7 Å². The first-order chi connectivity index (χ1) is 5.48. The van der Waals surface area contributed by atoms with Crippen LogP contribution in [0.1, 0.15) is 27.2 Å². The molecule has 2 N–H and O–H groups in total. The van der Waals surface area contributed by atoms with Gasteiger partial charge in [-0.2, -0.15) is 5.26 Å². The van der Waals surface area contributed by atoms with E-state index in [0.717, 1.165) is 6.42 Å². The van der Waals surface area contributed by atoms with E-state index in [4.69, 9.17) is 15.7 Å². The highest BCUT2D eigenvalue weighted by Crippen LogP contribution is 2.02. The van der Waals surface area contributed by atoms with Crippen molar-refractivity contribution in [2.45, 2.75) is 32.7 Å². The molecule has 0 fully saturated rings. The van der Waals surface area contributed by atoms with E-state index in [2.05, 4.69) is 13.8 Å². The molecule has 0 bridgehead atoms. The Hall–Kier alpha value is -0.590. The van der Waals surface area contributed by atoms with Crippen LogP contribution in [0.5, 0.6) is 0 Å². The fourth-order valence-electron chi connectivity index (χ4n) is 0.635. The van der Waals surface area contributed by atoms with E-state index < -0.39 is 5.54 Å². The van der Waals surface area contributed by atoms with Gasteiger partial charge in [0, 0.05) is 6.61 Å². The van der Waals surface area contributed by atoms with Gasteiger partial charge in [-0.25, -0.2) is 0 Å². The zero-order valence-electron chi connectivity index (χ0n) is 8.13. The monoisotopic (exact) mass is 170 g/mol. The maximum absolute atomic E-state index is 8.55. The van der Waals surface area contributed by atoms with Gasteiger partial charge >= 0.3 is 0 Å². The molecule has 0 aromatic rings. The van der Waals surface area contributed by atoms with Gasteiger partial charge in [0.2, 0.25) is 0 Å². The smallest absolute Gasteiger partial charge is 0.124 e. The molecule has 0 aliphatic heterocycles. The Balaban J connectivity index is 3.39. The number of ether oxygens (including phenoxy) is 1. The summed E-state index contributed by atoms with van der Waals surface area (Å²) in [7, 11) is 0. The zero-order chi connectivity index (χ0) is 9.61. The Morgan fingerprint density at radius 3 is 2.58 bits per heavy atom. The van der Waals surface area contributed by atoms with Gasteiger partial charge in [-0.05, 0) is 19.3 Å². The highest BCUT2D eigenvalue weighted by Gasteiger charge is 2.16. The molecule has 0 amide bonds. The third-order valence-electron chi connectivity index (χ3n) is 1.50. The van der Waals surface area contributed by atoms with E-state index in [0.29, 0.717) is 19.1 Å². The van der Waals surface area contributed by atoms with Gasteiger partial charge in [0.15, 0.2) is 0 Å². The number of hydrogen-bond donors (Lipinski definition) is 1. The molecule has 0 aliphatic rings. The SMILES string of the molecule is CC(C)CCOCC(C)(N)C#N. The van der Waals surface area contributed by atoms with Crippen LogP contribution < -0.4 is 5.73 Å². The van der Waals surface area contributed by atoms with Gasteiger partial charge in [-0.15, -0.1) is 0 Å². The van der Waals surface area contributed by atoms with Crippen molar-refractivity contribution >= 4 is 0 Å². The molecule has 1 unspecified atom stereocenters. The summed E-state index contributed by atoms with van der Waals surface area (Å²) in [4.78, 5) is 0. The molecular formula is C9H18N2O. The molecule has 0 aliphatic carbocycles. The quantitative estimate of drug-likeness (QED) is 0.632. The van der Waals surface area contributed by atoms with Crippen LogP contribution in [-0.4, -0.2) is 18.8 Å². The van der Waals surface area contributed by atoms with E-state index in [1.165, 1.54) is 0 Å². The standard InChI is InChI=1S/C9H18N2O/c1-8(2)4-5-12-7-9(3,11)6-10/h8H,4-5,7,11H2,1-3H3. The highest BCUT2D eigenvalue weighted by molar-refractivity contribution is 5.00. The van der Waals surface area contributed by atoms with E-state index in [1.54, 1.807) is 6.92 Å². The molecule has 0 rings (SSSR count). The minimum Gasteiger partial charge on any atom is -0.378 e. The second-order valence-electron chi connectivity index (χ2n) is 3.76. The van der Waals surface area contributed by atoms with Crippen LogP contribution in [0.15, 0.2) is 0 Å². The van der Waals surface area contributed by atoms with E-state index in [-0.39, 0.29) is 0 Å². The van der Waals surface area contributed by atoms with Crippen molar-refractivity contribution in [1.82, 2.24) is 0 Å². The Morgan fingerprint density at radius 2 is 2.17 bits per heavy atom. The molecular weight excluding hydrogens is 152 g/mol. The predicted octanol–water partition coefficient (Wildman–Crippen LogP) is 1.29. The van der Waals surface area contributed by atoms with Crippen molar-refractivity contribution in [3.8, 4) is 6.07 Å². The lowest BCUT2D eigenvalue weighted by Crippen LogP contribution is -2.39. The summed E-state index contributed by atoms with van der Waals surface area (Å²) in [6, 6.07) is 1.98. The van der Waals surface area contributed by atoms with Crippen molar-refractivity contribution in [2.24, 2.45) is 11.7 Å². The molecule has 0 radical (unpaired) electrons. The number of rotatable bonds is 5. The first-order valence-corrected chi connectivity index (χ1v) is 4.26. The largest absolute Gasteiger partial charge is 0.378 e. The van der Waals surface area contributed by atoms with Gasteiger partial charge < -0.3 is 10.5 Å². The van der Waals surface area contributed by atoms with Crippen molar-refractivity contribution < 1.29 is 4.74 Å². The number of nitrogens with two attached hydrogens (primary N) is 1. The van der Waals surface area contributed by atoms with Crippen molar-refractivity contribution in [2.75, 3.05) is 13.2 Å². The number of hydrogen-bond acceptors (Lipinski definition) is 3. The predicted molar refractivity (Wildman–Crippen MR) is 48.5 cm³/mol. The van der Waals surface area contributed by atoms with Gasteiger partial charge in [0.25, 0.3) is 0 Å². The second-order valence-corrected chi connectivity index (χ2v) is 3.76. The molecule has 0 spiro atoms. The van der Waals surface area contributed by atoms with E-state index in [9.17, 15) is 0 Å². The maximum Gasteiger partial charge on any atom is 0.124 e. The van der Waals surface area contributed by atoms with Crippen LogP contribution in [0, 0.1) is 17.2 Å². The van der Waals surface area contributed by atoms with Gasteiger partial charge in [-0.3, -0.25) is 0 Å². The molecule has 0 aromatic heterocycles. The first kappa shape index (κ1) is 11.4. The molecule has 70 valence electrons. The molecule has 3 heteroatoms. The number of nitrogens with zero attached hydrogens (tertiary/aromatic N) is 1. The second kappa shape index (κ2) is 5.13. The maximum atomic E-state index is 8.55. The zero-order valence-corrected chi connectivity index (χ0v) is 8.13. The fraction of sp³-hybridized carbons (Fsp3) is 0.889. The number of nitriles is 1. The summed E-state index contributed by atoms with van der Waals surface area (Å²) in [5.41, 5.74) is 4.71. The third kappa shape index (κ3) is 6.14. The van der Waals surface area contributed by atoms with Crippen LogP contribution in [0.4, 0.5) is 0 Å². The molecule has 12 heavy (non-hydrogen) atoms. The molecule has 1 atom stereocenters. The lowest BCUT2D eigenvalue weighted by molar-refractivity contribution is 0.0991. The van der Waals surface area contributed by atoms with Crippen molar-refractivity contribution in [1.29, 1.82) is 5.26 Å². The topological polar surface area (TPSA) is 59.0 Å². The Kier molecular flexibility index (Phi) is 4.87. The summed E-state index contributed by atoms with van der Waals surface area (Å²) in [6.45, 7) is 6.94. The van der Waals surface area contributed by atoms with Crippen LogP contribution in [0.3, 0.4) is 0 Å². The Morgan fingerprint density at radius 1 is 1.58 bits per heavy atom. The average Bonchev–Trinajstić information content (AvgIpc) is 1.98. The summed E-state index contributed by atoms with van der Waals surface area (Å²) >= 11 is 0. The van der Waals surface area contributed by atoms with E-state index >= 15 is 0 Å². The first-order valence-electron chi connectivity index (χ1n) is 4.26. The summed E-state index contributed by atoms with van der Waals surface area (Å²) in [5, 5.41) is 8.55. The van der Waals surface area contributed by atoms with Crippen LogP contribution in [0.25, 0.3) is 0 Å². The van der Waals surface area contributed by atoms with Gasteiger partial charge in [-0.1, -0.05) is 13.8 Å². The molecule has 0 aromatic carbocycles. The minimum absolute atomic E-state index is 0.316. The third-order valence-corrected chi connectivity index (χ3v) is 1.50. The minimum atomic E-state index is -0.836. The molecule has 0 heterocycles. The van der Waals surface area contributed by atoms with Crippen LogP contribution >= 0.6 is 0 Å². The van der Waals surface area contributed by atoms with Gasteiger partial charge in [0.1, 0.15) is 5.54 Å². The van der Waals surface area contributed by atoms with Crippen molar-refractivity contribution in [3.05, 3.63) is 0 Å². The lowest BCUT2D eigenvalue weighted by atomic mass is 10.1. The molecule has 0 saturated carbocycles. The van der Waals surface area contributed by atoms with Crippen LogP contribution in [-0.2, 0) is 4.74 Å². The van der Waals surface area contributed by atoms with Crippen molar-refractivity contribution in [3.63, 3.8) is 0 Å². The summed E-state index contributed by atoms with van der Waals surface area (Å²) in [6.07, 6.45) is 1.02. The lowest BCUT2D eigenvalue weighted by Gasteiger charge is -2.15. The fourth-order valence-corrected chi connectivity index (χ4v) is 0.635. The van der Waals surface area contributed by atoms with E-state index in [1.807, 2.05) is 6.07 Å². The summed E-state index contributed by atoms with van der Waals surface area (Å²) in [5.74, 6) is 0.635. The molecule has 3 nitrogen and oxygen atoms in total. The van der Waals surface area contributed by atoms with Crippen LogP contribution in [0.2, 0.25) is 0 Å². The summed E-state index contributed by atoms with van der Waals surface area (Å²) < 4.78 is 5.25. The highest BCUT2D eigenvalue weighted by atomic mass is 16.5. The molecule has 0 saturated heterocycles. The average molecular weight is 170 g/mol. The Labute approximate surface area is 74.5 Å².